The SMILES string of the molecule is Cc1ncc2c(n1)C[C@@H]1CC[C@H]2N1C(=O)c1ccoc1. The number of nitrogens with zero attached hydrogens (tertiary/aromatic N) is 3. The van der Waals surface area contributed by atoms with Gasteiger partial charge in [-0.25, -0.2) is 9.97 Å². The molecular formula is C15H15N3O2. The third-order valence-electron chi connectivity index (χ3n) is 4.31. The second kappa shape index (κ2) is 4.16. The molecule has 1 fully saturated rings. The molecule has 5 heteroatoms. The lowest BCUT2D eigenvalue weighted by molar-refractivity contribution is 0.0643. The third kappa shape index (κ3) is 1.59. The third-order valence-corrected chi connectivity index (χ3v) is 4.31. The molecule has 2 aliphatic heterocycles. The first-order valence-corrected chi connectivity index (χ1v) is 6.91. The van der Waals surface area contributed by atoms with Crippen molar-refractivity contribution < 1.29 is 9.21 Å². The van der Waals surface area contributed by atoms with E-state index in [1.54, 1.807) is 12.3 Å². The van der Waals surface area contributed by atoms with E-state index >= 15 is 0 Å². The Hall–Kier alpha value is -2.17. The molecule has 0 saturated carbocycles. The monoisotopic (exact) mass is 269 g/mol. The number of carbonyl (C=O) groups is 1. The number of rotatable bonds is 1. The molecule has 2 atom stereocenters. The molecule has 5 nitrogen and oxygen atoms in total. The summed E-state index contributed by atoms with van der Waals surface area (Å²) in [6.07, 6.45) is 7.80. The van der Waals surface area contributed by atoms with Crippen molar-refractivity contribution in [3.63, 3.8) is 0 Å². The Morgan fingerprint density at radius 1 is 1.45 bits per heavy atom. The maximum Gasteiger partial charge on any atom is 0.257 e. The lowest BCUT2D eigenvalue weighted by Crippen LogP contribution is -2.42. The van der Waals surface area contributed by atoms with Gasteiger partial charge in [0.25, 0.3) is 5.91 Å². The van der Waals surface area contributed by atoms with Crippen molar-refractivity contribution in [3.8, 4) is 0 Å². The van der Waals surface area contributed by atoms with E-state index < -0.39 is 0 Å². The van der Waals surface area contributed by atoms with E-state index in [1.807, 2.05) is 18.0 Å². The molecule has 2 bridgehead atoms. The van der Waals surface area contributed by atoms with Gasteiger partial charge < -0.3 is 9.32 Å². The van der Waals surface area contributed by atoms with Crippen LogP contribution >= 0.6 is 0 Å². The highest BCUT2D eigenvalue weighted by atomic mass is 16.3. The number of fused-ring (bicyclic) bond motifs is 4. The van der Waals surface area contributed by atoms with Crippen LogP contribution in [0, 0.1) is 6.92 Å². The summed E-state index contributed by atoms with van der Waals surface area (Å²) in [6, 6.07) is 2.10. The standard InChI is InChI=1S/C15H15N3O2/c1-9-16-7-12-13(17-9)6-11-2-3-14(12)18(11)15(19)10-4-5-20-8-10/h4-5,7-8,11,14H,2-3,6H2,1H3/t11-,14+/m0/s1. The Bertz CT molecular complexity index is 666. The molecule has 1 amide bonds. The van der Waals surface area contributed by atoms with Crippen molar-refractivity contribution in [3.05, 3.63) is 47.4 Å². The molecule has 1 saturated heterocycles. The largest absolute Gasteiger partial charge is 0.472 e. The molecule has 2 aliphatic rings. The molecule has 4 rings (SSSR count). The van der Waals surface area contributed by atoms with Crippen molar-refractivity contribution in [2.45, 2.75) is 38.3 Å². The molecule has 0 aromatic carbocycles. The number of carbonyl (C=O) groups excluding carboxylic acids is 1. The fourth-order valence-electron chi connectivity index (χ4n) is 3.42. The zero-order valence-corrected chi connectivity index (χ0v) is 11.2. The van der Waals surface area contributed by atoms with E-state index in [-0.39, 0.29) is 18.0 Å². The fraction of sp³-hybridized carbons (Fsp3) is 0.400. The van der Waals surface area contributed by atoms with E-state index in [0.717, 1.165) is 36.3 Å². The topological polar surface area (TPSA) is 59.2 Å². The summed E-state index contributed by atoms with van der Waals surface area (Å²) >= 11 is 0. The molecule has 2 aromatic heterocycles. The number of aromatic nitrogens is 2. The molecule has 2 aromatic rings. The minimum Gasteiger partial charge on any atom is -0.472 e. The van der Waals surface area contributed by atoms with Crippen LogP contribution in [0.15, 0.2) is 29.2 Å². The van der Waals surface area contributed by atoms with Crippen LogP contribution in [0.2, 0.25) is 0 Å². The second-order valence-electron chi connectivity index (χ2n) is 5.49. The highest BCUT2D eigenvalue weighted by molar-refractivity contribution is 5.94. The Balaban J connectivity index is 1.74. The summed E-state index contributed by atoms with van der Waals surface area (Å²) in [5, 5.41) is 0. The number of aryl methyl sites for hydroxylation is 1. The Morgan fingerprint density at radius 2 is 2.35 bits per heavy atom. The molecule has 0 spiro atoms. The van der Waals surface area contributed by atoms with Crippen LogP contribution in [0.4, 0.5) is 0 Å². The summed E-state index contributed by atoms with van der Waals surface area (Å²) in [6.45, 7) is 1.91. The van der Waals surface area contributed by atoms with E-state index in [9.17, 15) is 4.79 Å². The van der Waals surface area contributed by atoms with Gasteiger partial charge in [0.15, 0.2) is 0 Å². The van der Waals surface area contributed by atoms with Gasteiger partial charge in [-0.2, -0.15) is 0 Å². The van der Waals surface area contributed by atoms with Gasteiger partial charge in [0.1, 0.15) is 12.1 Å². The van der Waals surface area contributed by atoms with Crippen LogP contribution in [0.3, 0.4) is 0 Å². The molecule has 0 N–H and O–H groups in total. The van der Waals surface area contributed by atoms with Crippen LogP contribution in [-0.2, 0) is 6.42 Å². The Morgan fingerprint density at radius 3 is 3.15 bits per heavy atom. The first kappa shape index (κ1) is 11.6. The van der Waals surface area contributed by atoms with Gasteiger partial charge in [-0.15, -0.1) is 0 Å². The van der Waals surface area contributed by atoms with Crippen molar-refractivity contribution >= 4 is 5.91 Å². The summed E-state index contributed by atoms with van der Waals surface area (Å²) in [5.74, 6) is 0.857. The Labute approximate surface area is 116 Å². The highest BCUT2D eigenvalue weighted by Gasteiger charge is 2.43. The normalized spacial score (nSPS) is 23.8. The number of amides is 1. The van der Waals surface area contributed by atoms with Crippen molar-refractivity contribution in [2.75, 3.05) is 0 Å². The average Bonchev–Trinajstić information content (AvgIpc) is 3.06. The van der Waals surface area contributed by atoms with Crippen molar-refractivity contribution in [2.24, 2.45) is 0 Å². The fourth-order valence-corrected chi connectivity index (χ4v) is 3.42. The molecule has 0 radical (unpaired) electrons. The smallest absolute Gasteiger partial charge is 0.257 e. The van der Waals surface area contributed by atoms with Crippen LogP contribution in [0.1, 0.15) is 46.3 Å². The van der Waals surface area contributed by atoms with Gasteiger partial charge in [-0.3, -0.25) is 4.79 Å². The van der Waals surface area contributed by atoms with Crippen molar-refractivity contribution in [1.29, 1.82) is 0 Å². The predicted molar refractivity (Wildman–Crippen MR) is 71.1 cm³/mol. The van der Waals surface area contributed by atoms with Crippen LogP contribution < -0.4 is 0 Å². The van der Waals surface area contributed by atoms with Gasteiger partial charge in [0.05, 0.1) is 23.6 Å². The number of furan rings is 1. The zero-order chi connectivity index (χ0) is 13.7. The molecule has 4 heterocycles. The molecule has 0 aliphatic carbocycles. The van der Waals surface area contributed by atoms with Gasteiger partial charge in [-0.1, -0.05) is 0 Å². The van der Waals surface area contributed by atoms with Gasteiger partial charge in [0.2, 0.25) is 0 Å². The van der Waals surface area contributed by atoms with Gasteiger partial charge in [0, 0.05) is 24.2 Å². The lowest BCUT2D eigenvalue weighted by Gasteiger charge is -2.35. The molecule has 20 heavy (non-hydrogen) atoms. The lowest BCUT2D eigenvalue weighted by atomic mass is 9.98. The maximum absolute atomic E-state index is 12.6. The van der Waals surface area contributed by atoms with E-state index in [2.05, 4.69) is 9.97 Å². The maximum atomic E-state index is 12.6. The van der Waals surface area contributed by atoms with Crippen LogP contribution in [-0.4, -0.2) is 26.8 Å². The summed E-state index contributed by atoms with van der Waals surface area (Å²) in [7, 11) is 0. The predicted octanol–water partition coefficient (Wildman–Crippen LogP) is 2.28. The first-order chi connectivity index (χ1) is 9.74. The first-order valence-electron chi connectivity index (χ1n) is 6.91. The van der Waals surface area contributed by atoms with Crippen molar-refractivity contribution in [1.82, 2.24) is 14.9 Å². The number of hydrogen-bond donors (Lipinski definition) is 0. The number of hydrogen-bond acceptors (Lipinski definition) is 4. The minimum atomic E-state index is 0.0532. The summed E-state index contributed by atoms with van der Waals surface area (Å²) < 4.78 is 5.03. The second-order valence-corrected chi connectivity index (χ2v) is 5.49. The average molecular weight is 269 g/mol. The van der Waals surface area contributed by atoms with Gasteiger partial charge >= 0.3 is 0 Å². The van der Waals surface area contributed by atoms with Gasteiger partial charge in [-0.05, 0) is 25.8 Å². The minimum absolute atomic E-state index is 0.0532. The van der Waals surface area contributed by atoms with Crippen LogP contribution in [0.5, 0.6) is 0 Å². The molecule has 102 valence electrons. The highest BCUT2D eigenvalue weighted by Crippen LogP contribution is 2.43. The molecule has 0 unspecified atom stereocenters. The van der Waals surface area contributed by atoms with E-state index in [0.29, 0.717) is 5.56 Å². The zero-order valence-electron chi connectivity index (χ0n) is 11.2. The Kier molecular flexibility index (Phi) is 2.42. The van der Waals surface area contributed by atoms with E-state index in [1.165, 1.54) is 6.26 Å². The summed E-state index contributed by atoms with van der Waals surface area (Å²) in [5.41, 5.74) is 2.85. The van der Waals surface area contributed by atoms with E-state index in [4.69, 9.17) is 4.42 Å². The summed E-state index contributed by atoms with van der Waals surface area (Å²) in [4.78, 5) is 23.5. The van der Waals surface area contributed by atoms with Crippen LogP contribution in [0.25, 0.3) is 0 Å². The molecular weight excluding hydrogens is 254 g/mol. The quantitative estimate of drug-likeness (QED) is 0.797.